The van der Waals surface area contributed by atoms with Gasteiger partial charge in [-0.05, 0) is 18.2 Å². The first-order chi connectivity index (χ1) is 7.99. The average Bonchev–Trinajstić information content (AvgIpc) is 2.64. The minimum Gasteiger partial charge on any atom is -0.347 e. The number of benzene rings is 1. The van der Waals surface area contributed by atoms with Gasteiger partial charge in [0.25, 0.3) is 0 Å². The van der Waals surface area contributed by atoms with E-state index in [0.29, 0.717) is 11.4 Å². The summed E-state index contributed by atoms with van der Waals surface area (Å²) in [4.78, 5) is 6.20. The first-order valence-corrected chi connectivity index (χ1v) is 5.40. The van der Waals surface area contributed by atoms with Gasteiger partial charge in [-0.2, -0.15) is 4.98 Å². The van der Waals surface area contributed by atoms with Crippen molar-refractivity contribution in [3.8, 4) is 11.4 Å². The molecule has 0 fully saturated rings. The maximum atomic E-state index is 13.0. The molecule has 0 radical (unpaired) electrons. The molecule has 6 heteroatoms. The Morgan fingerprint density at radius 2 is 2.06 bits per heavy atom. The van der Waals surface area contributed by atoms with E-state index in [9.17, 15) is 4.39 Å². The molecule has 0 N–H and O–H groups in total. The van der Waals surface area contributed by atoms with Gasteiger partial charge in [-0.15, -0.1) is 5.10 Å². The van der Waals surface area contributed by atoms with Crippen molar-refractivity contribution >= 4 is 17.5 Å². The largest absolute Gasteiger partial charge is 0.347 e. The van der Waals surface area contributed by atoms with Crippen molar-refractivity contribution in [2.75, 3.05) is 19.0 Å². The predicted octanol–water partition coefficient (Wildman–Crippen LogP) is 2.34. The molecule has 0 atom stereocenters. The molecule has 0 saturated heterocycles. The molecule has 17 heavy (non-hydrogen) atoms. The smallest absolute Gasteiger partial charge is 0.223 e. The summed E-state index contributed by atoms with van der Waals surface area (Å²) in [6.07, 6.45) is 0. The van der Waals surface area contributed by atoms with Gasteiger partial charge in [0, 0.05) is 26.7 Å². The first-order valence-electron chi connectivity index (χ1n) is 5.03. The molecule has 0 saturated carbocycles. The molecule has 2 rings (SSSR count). The Balaban J connectivity index is 2.46. The molecule has 2 aromatic rings. The third-order valence-corrected chi connectivity index (χ3v) is 2.61. The maximum Gasteiger partial charge on any atom is 0.223 e. The summed E-state index contributed by atoms with van der Waals surface area (Å²) in [7, 11) is 5.56. The average molecular weight is 255 g/mol. The lowest BCUT2D eigenvalue weighted by Crippen LogP contribution is -2.14. The Bertz CT molecular complexity index is 550. The van der Waals surface area contributed by atoms with Crippen LogP contribution in [0.3, 0.4) is 0 Å². The maximum absolute atomic E-state index is 13.0. The quantitative estimate of drug-likeness (QED) is 0.825. The molecule has 0 spiro atoms. The highest BCUT2D eigenvalue weighted by molar-refractivity contribution is 6.31. The van der Waals surface area contributed by atoms with Crippen LogP contribution in [0.2, 0.25) is 5.02 Å². The Morgan fingerprint density at radius 3 is 2.59 bits per heavy atom. The summed E-state index contributed by atoms with van der Waals surface area (Å²) in [6.45, 7) is 0. The van der Waals surface area contributed by atoms with E-state index >= 15 is 0 Å². The fraction of sp³-hybridized carbons (Fsp3) is 0.273. The number of hydrogen-bond acceptors (Lipinski definition) is 3. The van der Waals surface area contributed by atoms with Crippen molar-refractivity contribution in [3.63, 3.8) is 0 Å². The van der Waals surface area contributed by atoms with Gasteiger partial charge in [-0.1, -0.05) is 11.6 Å². The normalized spacial score (nSPS) is 10.6. The summed E-state index contributed by atoms with van der Waals surface area (Å²) in [5.74, 6) is 0.803. The van der Waals surface area contributed by atoms with Gasteiger partial charge in [0.05, 0.1) is 5.02 Å². The van der Waals surface area contributed by atoms with Gasteiger partial charge in [-0.25, -0.2) is 9.07 Å². The number of hydrogen-bond donors (Lipinski definition) is 0. The molecule has 0 aliphatic carbocycles. The fourth-order valence-electron chi connectivity index (χ4n) is 1.52. The lowest BCUT2D eigenvalue weighted by Gasteiger charge is -2.08. The van der Waals surface area contributed by atoms with Crippen LogP contribution in [-0.2, 0) is 7.05 Å². The zero-order valence-corrected chi connectivity index (χ0v) is 10.5. The lowest BCUT2D eigenvalue weighted by atomic mass is 10.2. The van der Waals surface area contributed by atoms with E-state index in [2.05, 4.69) is 10.1 Å². The number of anilines is 1. The Labute approximate surface area is 104 Å². The van der Waals surface area contributed by atoms with Crippen LogP contribution in [0.15, 0.2) is 18.2 Å². The second-order valence-corrected chi connectivity index (χ2v) is 4.29. The van der Waals surface area contributed by atoms with E-state index in [1.165, 1.54) is 12.1 Å². The van der Waals surface area contributed by atoms with Crippen molar-refractivity contribution in [1.29, 1.82) is 0 Å². The van der Waals surface area contributed by atoms with Gasteiger partial charge in [0.2, 0.25) is 5.95 Å². The lowest BCUT2D eigenvalue weighted by molar-refractivity contribution is 0.628. The Hall–Kier alpha value is -1.62. The minimum absolute atomic E-state index is 0.0707. The Morgan fingerprint density at radius 1 is 1.35 bits per heavy atom. The molecule has 4 nitrogen and oxygen atoms in total. The molecule has 0 amide bonds. The van der Waals surface area contributed by atoms with Crippen molar-refractivity contribution in [2.24, 2.45) is 7.05 Å². The molecule has 90 valence electrons. The van der Waals surface area contributed by atoms with Crippen molar-refractivity contribution in [2.45, 2.75) is 0 Å². The van der Waals surface area contributed by atoms with E-state index in [1.807, 2.05) is 19.0 Å². The molecule has 0 bridgehead atoms. The standard InChI is InChI=1S/C11H12ClFN4/c1-16(2)11-14-10(15-17(11)3)7-4-5-9(13)8(12)6-7/h4-6H,1-3H3. The van der Waals surface area contributed by atoms with Crippen LogP contribution < -0.4 is 4.90 Å². The van der Waals surface area contributed by atoms with Gasteiger partial charge in [-0.3, -0.25) is 0 Å². The summed E-state index contributed by atoms with van der Waals surface area (Å²) < 4.78 is 14.7. The highest BCUT2D eigenvalue weighted by Gasteiger charge is 2.11. The second kappa shape index (κ2) is 4.33. The summed E-state index contributed by atoms with van der Waals surface area (Å²) in [6, 6.07) is 4.44. The summed E-state index contributed by atoms with van der Waals surface area (Å²) in [5.41, 5.74) is 0.695. The number of aromatic nitrogens is 3. The predicted molar refractivity (Wildman–Crippen MR) is 65.7 cm³/mol. The SMILES string of the molecule is CN(C)c1nc(-c2ccc(F)c(Cl)c2)nn1C. The third-order valence-electron chi connectivity index (χ3n) is 2.32. The van der Waals surface area contributed by atoms with E-state index < -0.39 is 5.82 Å². The Kier molecular flexibility index (Phi) is 3.02. The number of aryl methyl sites for hydroxylation is 1. The molecule has 0 unspecified atom stereocenters. The van der Waals surface area contributed by atoms with Crippen molar-refractivity contribution in [3.05, 3.63) is 29.0 Å². The monoisotopic (exact) mass is 254 g/mol. The van der Waals surface area contributed by atoms with Gasteiger partial charge < -0.3 is 4.90 Å². The van der Waals surface area contributed by atoms with Crippen LogP contribution in [0.5, 0.6) is 0 Å². The fourth-order valence-corrected chi connectivity index (χ4v) is 1.70. The molecular formula is C11H12ClFN4. The van der Waals surface area contributed by atoms with Gasteiger partial charge in [0.1, 0.15) is 5.82 Å². The van der Waals surface area contributed by atoms with Crippen LogP contribution in [0.4, 0.5) is 10.3 Å². The van der Waals surface area contributed by atoms with Crippen LogP contribution in [0, 0.1) is 5.82 Å². The number of halogens is 2. The summed E-state index contributed by atoms with van der Waals surface area (Å²) in [5, 5.41) is 4.33. The van der Waals surface area contributed by atoms with Crippen molar-refractivity contribution < 1.29 is 4.39 Å². The third kappa shape index (κ3) is 2.24. The first kappa shape index (κ1) is 11.9. The molecule has 1 aromatic carbocycles. The van der Waals surface area contributed by atoms with E-state index in [4.69, 9.17) is 11.6 Å². The van der Waals surface area contributed by atoms with E-state index in [-0.39, 0.29) is 5.02 Å². The van der Waals surface area contributed by atoms with E-state index in [1.54, 1.807) is 17.8 Å². The molecular weight excluding hydrogens is 243 g/mol. The highest BCUT2D eigenvalue weighted by atomic mass is 35.5. The minimum atomic E-state index is -0.445. The van der Waals surface area contributed by atoms with Crippen molar-refractivity contribution in [1.82, 2.24) is 14.8 Å². The van der Waals surface area contributed by atoms with Crippen LogP contribution >= 0.6 is 11.6 Å². The molecule has 0 aliphatic heterocycles. The number of nitrogens with zero attached hydrogens (tertiary/aromatic N) is 4. The van der Waals surface area contributed by atoms with Crippen LogP contribution in [-0.4, -0.2) is 28.9 Å². The molecule has 1 heterocycles. The zero-order chi connectivity index (χ0) is 12.6. The van der Waals surface area contributed by atoms with Gasteiger partial charge in [0.15, 0.2) is 5.82 Å². The van der Waals surface area contributed by atoms with Crippen LogP contribution in [0.1, 0.15) is 0 Å². The van der Waals surface area contributed by atoms with Gasteiger partial charge >= 0.3 is 0 Å². The number of rotatable bonds is 2. The van der Waals surface area contributed by atoms with E-state index in [0.717, 1.165) is 5.95 Å². The summed E-state index contributed by atoms with van der Waals surface area (Å²) >= 11 is 5.73. The second-order valence-electron chi connectivity index (χ2n) is 3.88. The highest BCUT2D eigenvalue weighted by Crippen LogP contribution is 2.23. The topological polar surface area (TPSA) is 34.0 Å². The van der Waals surface area contributed by atoms with Crippen LogP contribution in [0.25, 0.3) is 11.4 Å². The molecule has 1 aromatic heterocycles. The zero-order valence-electron chi connectivity index (χ0n) is 9.78. The molecule has 0 aliphatic rings.